The zero-order valence-corrected chi connectivity index (χ0v) is 14.3. The maximum atomic E-state index is 12.1. The Morgan fingerprint density at radius 3 is 2.50 bits per heavy atom. The number of anilines is 1. The number of aryl methyl sites for hydroxylation is 1. The number of rotatable bonds is 3. The van der Waals surface area contributed by atoms with Crippen molar-refractivity contribution in [1.82, 2.24) is 0 Å². The number of amides is 1. The third kappa shape index (κ3) is 2.94. The minimum absolute atomic E-state index is 0.230. The predicted molar refractivity (Wildman–Crippen MR) is 85.1 cm³/mol. The van der Waals surface area contributed by atoms with E-state index in [1.807, 2.05) is 19.9 Å². The predicted octanol–water partition coefficient (Wildman–Crippen LogP) is 4.23. The summed E-state index contributed by atoms with van der Waals surface area (Å²) in [6, 6.07) is 3.54. The van der Waals surface area contributed by atoms with Gasteiger partial charge in [-0.25, -0.2) is 4.79 Å². The molecule has 0 aliphatic heterocycles. The molecule has 0 aromatic carbocycles. The summed E-state index contributed by atoms with van der Waals surface area (Å²) in [7, 11) is 1.33. The fourth-order valence-electron chi connectivity index (χ4n) is 1.66. The van der Waals surface area contributed by atoms with Gasteiger partial charge in [-0.15, -0.1) is 22.7 Å². The summed E-state index contributed by atoms with van der Waals surface area (Å²) in [5.74, 6) is -0.665. The molecule has 0 aliphatic carbocycles. The number of carbonyl (C=O) groups excluding carboxylic acids is 2. The Bertz CT molecular complexity index is 675. The number of methoxy groups -OCH3 is 1. The monoisotopic (exact) mass is 373 g/mol. The Morgan fingerprint density at radius 1 is 1.25 bits per heavy atom. The van der Waals surface area contributed by atoms with E-state index in [9.17, 15) is 9.59 Å². The molecule has 7 heteroatoms. The molecule has 0 fully saturated rings. The van der Waals surface area contributed by atoms with Gasteiger partial charge in [-0.2, -0.15) is 0 Å². The summed E-state index contributed by atoms with van der Waals surface area (Å²) in [4.78, 5) is 25.5. The van der Waals surface area contributed by atoms with Gasteiger partial charge in [0.2, 0.25) is 0 Å². The van der Waals surface area contributed by atoms with Crippen LogP contribution in [0.3, 0.4) is 0 Å². The Morgan fingerprint density at radius 2 is 1.95 bits per heavy atom. The molecule has 106 valence electrons. The van der Waals surface area contributed by atoms with Crippen LogP contribution in [0.25, 0.3) is 0 Å². The largest absolute Gasteiger partial charge is 0.465 e. The first-order valence-electron chi connectivity index (χ1n) is 5.69. The van der Waals surface area contributed by atoms with Crippen LogP contribution in [-0.4, -0.2) is 19.0 Å². The highest BCUT2D eigenvalue weighted by molar-refractivity contribution is 9.11. The normalized spacial score (nSPS) is 10.4. The van der Waals surface area contributed by atoms with Crippen molar-refractivity contribution < 1.29 is 14.3 Å². The maximum Gasteiger partial charge on any atom is 0.341 e. The van der Waals surface area contributed by atoms with Crippen LogP contribution in [0.1, 0.15) is 30.5 Å². The van der Waals surface area contributed by atoms with Gasteiger partial charge >= 0.3 is 5.97 Å². The molecule has 1 amide bonds. The average Bonchev–Trinajstić information content (AvgIpc) is 2.94. The molecular weight excluding hydrogens is 362 g/mol. The number of halogens is 1. The molecule has 4 nitrogen and oxygen atoms in total. The van der Waals surface area contributed by atoms with E-state index >= 15 is 0 Å². The fraction of sp³-hybridized carbons (Fsp3) is 0.231. The second-order valence-corrected chi connectivity index (χ2v) is 7.72. The molecule has 0 aliphatic rings. The smallest absolute Gasteiger partial charge is 0.341 e. The van der Waals surface area contributed by atoms with Gasteiger partial charge in [0.1, 0.15) is 5.00 Å². The number of thiophene rings is 2. The lowest BCUT2D eigenvalue weighted by atomic mass is 10.1. The van der Waals surface area contributed by atoms with Gasteiger partial charge in [0, 0.05) is 4.88 Å². The third-order valence-corrected chi connectivity index (χ3v) is 5.54. The summed E-state index contributed by atoms with van der Waals surface area (Å²) in [5.41, 5.74) is 1.27. The maximum absolute atomic E-state index is 12.1. The molecule has 2 heterocycles. The minimum Gasteiger partial charge on any atom is -0.465 e. The third-order valence-electron chi connectivity index (χ3n) is 2.80. The van der Waals surface area contributed by atoms with Crippen molar-refractivity contribution in [3.8, 4) is 0 Å². The van der Waals surface area contributed by atoms with Crippen molar-refractivity contribution in [3.05, 3.63) is 36.8 Å². The number of hydrogen-bond donors (Lipinski definition) is 1. The molecule has 0 radical (unpaired) electrons. The van der Waals surface area contributed by atoms with Gasteiger partial charge < -0.3 is 10.1 Å². The zero-order valence-electron chi connectivity index (χ0n) is 11.1. The van der Waals surface area contributed by atoms with Gasteiger partial charge in [0.05, 0.1) is 21.3 Å². The van der Waals surface area contributed by atoms with Crippen molar-refractivity contribution in [2.24, 2.45) is 0 Å². The Hall–Kier alpha value is -1.18. The quantitative estimate of drug-likeness (QED) is 0.819. The van der Waals surface area contributed by atoms with Crippen LogP contribution in [0.5, 0.6) is 0 Å². The Balaban J connectivity index is 2.32. The number of carbonyl (C=O) groups is 2. The summed E-state index contributed by atoms with van der Waals surface area (Å²) in [6.07, 6.45) is 0. The van der Waals surface area contributed by atoms with Crippen molar-refractivity contribution in [2.75, 3.05) is 12.4 Å². The molecule has 2 rings (SSSR count). The lowest BCUT2D eigenvalue weighted by molar-refractivity contribution is 0.0601. The van der Waals surface area contributed by atoms with Crippen LogP contribution in [-0.2, 0) is 4.74 Å². The molecule has 1 N–H and O–H groups in total. The molecule has 0 unspecified atom stereocenters. The second kappa shape index (κ2) is 6.07. The van der Waals surface area contributed by atoms with E-state index in [2.05, 4.69) is 21.2 Å². The van der Waals surface area contributed by atoms with Crippen molar-refractivity contribution >= 4 is 55.5 Å². The number of ether oxygens (including phenoxy) is 1. The summed E-state index contributed by atoms with van der Waals surface area (Å²) < 4.78 is 5.66. The van der Waals surface area contributed by atoms with E-state index in [-0.39, 0.29) is 5.91 Å². The van der Waals surface area contributed by atoms with Crippen LogP contribution < -0.4 is 5.32 Å². The first-order chi connectivity index (χ1) is 9.43. The van der Waals surface area contributed by atoms with Crippen LogP contribution in [0, 0.1) is 13.8 Å². The van der Waals surface area contributed by atoms with Crippen molar-refractivity contribution in [1.29, 1.82) is 0 Å². The highest BCUT2D eigenvalue weighted by Gasteiger charge is 2.22. The van der Waals surface area contributed by atoms with E-state index in [4.69, 9.17) is 4.74 Å². The van der Waals surface area contributed by atoms with E-state index in [0.717, 1.165) is 14.2 Å². The molecule has 0 bridgehead atoms. The molecule has 2 aromatic rings. The molecule has 0 atom stereocenters. The van der Waals surface area contributed by atoms with Crippen LogP contribution in [0.2, 0.25) is 0 Å². The van der Waals surface area contributed by atoms with E-state index in [0.29, 0.717) is 15.4 Å². The Labute approximate surface area is 132 Å². The lowest BCUT2D eigenvalue weighted by Gasteiger charge is -2.04. The van der Waals surface area contributed by atoms with E-state index in [1.54, 1.807) is 6.07 Å². The highest BCUT2D eigenvalue weighted by Crippen LogP contribution is 2.33. The van der Waals surface area contributed by atoms with Gasteiger partial charge in [0.15, 0.2) is 0 Å². The summed E-state index contributed by atoms with van der Waals surface area (Å²) in [5, 5.41) is 3.31. The van der Waals surface area contributed by atoms with Gasteiger partial charge in [-0.05, 0) is 47.5 Å². The SMILES string of the molecule is COC(=O)c1c(NC(=O)c2ccc(Br)s2)sc(C)c1C. The number of esters is 1. The highest BCUT2D eigenvalue weighted by atomic mass is 79.9. The van der Waals surface area contributed by atoms with Crippen LogP contribution in [0.4, 0.5) is 5.00 Å². The van der Waals surface area contributed by atoms with Gasteiger partial charge in [-0.1, -0.05) is 0 Å². The van der Waals surface area contributed by atoms with E-state index in [1.165, 1.54) is 29.8 Å². The zero-order chi connectivity index (χ0) is 14.9. The topological polar surface area (TPSA) is 55.4 Å². The lowest BCUT2D eigenvalue weighted by Crippen LogP contribution is -2.13. The molecule has 0 saturated heterocycles. The first kappa shape index (κ1) is 15.2. The van der Waals surface area contributed by atoms with Gasteiger partial charge in [0.25, 0.3) is 5.91 Å². The fourth-order valence-corrected chi connectivity index (χ4v) is 3.99. The second-order valence-electron chi connectivity index (χ2n) is 4.04. The number of nitrogens with one attached hydrogen (secondary N) is 1. The van der Waals surface area contributed by atoms with E-state index < -0.39 is 5.97 Å². The molecule has 0 saturated carbocycles. The van der Waals surface area contributed by atoms with Crippen LogP contribution >= 0.6 is 38.6 Å². The Kier molecular flexibility index (Phi) is 4.62. The average molecular weight is 374 g/mol. The van der Waals surface area contributed by atoms with Crippen LogP contribution in [0.15, 0.2) is 15.9 Å². The van der Waals surface area contributed by atoms with Crippen molar-refractivity contribution in [2.45, 2.75) is 13.8 Å². The minimum atomic E-state index is -0.436. The summed E-state index contributed by atoms with van der Waals surface area (Å²) in [6.45, 7) is 3.75. The summed E-state index contributed by atoms with van der Waals surface area (Å²) >= 11 is 6.03. The molecule has 2 aromatic heterocycles. The van der Waals surface area contributed by atoms with Gasteiger partial charge in [-0.3, -0.25) is 4.79 Å². The number of hydrogen-bond acceptors (Lipinski definition) is 5. The first-order valence-corrected chi connectivity index (χ1v) is 8.11. The standard InChI is InChI=1S/C13H12BrNO3S2/c1-6-7(2)19-12(10(6)13(17)18-3)15-11(16)8-4-5-9(14)20-8/h4-5H,1-3H3,(H,15,16). The van der Waals surface area contributed by atoms with Crippen molar-refractivity contribution in [3.63, 3.8) is 0 Å². The molecule has 0 spiro atoms. The molecular formula is C13H12BrNO3S2. The molecule has 20 heavy (non-hydrogen) atoms.